The lowest BCUT2D eigenvalue weighted by Gasteiger charge is -2.07. The standard InChI is InChI=1S/C10H15N5O4/c1-18-6-5-7(19-2)14-10(13-6)15-9(17)8(16)12-4-3-11/h5H,3-4,11H2,1-2H3,(H,12,16)(H,13,14,15,17). The van der Waals surface area contributed by atoms with Crippen molar-refractivity contribution in [3.63, 3.8) is 0 Å². The highest BCUT2D eigenvalue weighted by molar-refractivity contribution is 6.39. The van der Waals surface area contributed by atoms with Crippen LogP contribution in [0.4, 0.5) is 5.95 Å². The summed E-state index contributed by atoms with van der Waals surface area (Å²) < 4.78 is 9.81. The maximum absolute atomic E-state index is 11.5. The molecule has 4 N–H and O–H groups in total. The van der Waals surface area contributed by atoms with Crippen molar-refractivity contribution in [3.05, 3.63) is 6.07 Å². The minimum atomic E-state index is -0.899. The van der Waals surface area contributed by atoms with Gasteiger partial charge in [-0.2, -0.15) is 9.97 Å². The van der Waals surface area contributed by atoms with Crippen LogP contribution in [0, 0.1) is 0 Å². The van der Waals surface area contributed by atoms with E-state index in [9.17, 15) is 9.59 Å². The Bertz CT molecular complexity index is 443. The van der Waals surface area contributed by atoms with Gasteiger partial charge in [0.15, 0.2) is 0 Å². The van der Waals surface area contributed by atoms with Crippen LogP contribution in [-0.4, -0.2) is 49.1 Å². The highest BCUT2D eigenvalue weighted by atomic mass is 16.5. The quantitative estimate of drug-likeness (QED) is 0.555. The summed E-state index contributed by atoms with van der Waals surface area (Å²) in [6.45, 7) is 0.442. The van der Waals surface area contributed by atoms with Crippen LogP contribution in [0.2, 0.25) is 0 Å². The second kappa shape index (κ2) is 7.11. The Hall–Kier alpha value is -2.42. The van der Waals surface area contributed by atoms with Gasteiger partial charge in [-0.05, 0) is 0 Å². The van der Waals surface area contributed by atoms with Crippen LogP contribution >= 0.6 is 0 Å². The molecule has 0 atom stereocenters. The zero-order valence-corrected chi connectivity index (χ0v) is 10.6. The Morgan fingerprint density at radius 1 is 1.21 bits per heavy atom. The molecule has 104 valence electrons. The smallest absolute Gasteiger partial charge is 0.316 e. The highest BCUT2D eigenvalue weighted by Crippen LogP contribution is 2.16. The average Bonchev–Trinajstić information content (AvgIpc) is 2.43. The van der Waals surface area contributed by atoms with Gasteiger partial charge in [0.05, 0.1) is 20.3 Å². The number of amides is 2. The first-order valence-electron chi connectivity index (χ1n) is 5.37. The SMILES string of the molecule is COc1cc(OC)nc(NC(=O)C(=O)NCCN)n1. The molecule has 19 heavy (non-hydrogen) atoms. The van der Waals surface area contributed by atoms with Crippen LogP contribution in [0.1, 0.15) is 0 Å². The van der Waals surface area contributed by atoms with Crippen molar-refractivity contribution in [2.24, 2.45) is 5.73 Å². The van der Waals surface area contributed by atoms with Crippen LogP contribution in [-0.2, 0) is 9.59 Å². The lowest BCUT2D eigenvalue weighted by atomic mass is 10.5. The summed E-state index contributed by atoms with van der Waals surface area (Å²) in [6, 6.07) is 1.43. The monoisotopic (exact) mass is 269 g/mol. The minimum Gasteiger partial charge on any atom is -0.481 e. The van der Waals surface area contributed by atoms with Gasteiger partial charge in [0, 0.05) is 13.1 Å². The van der Waals surface area contributed by atoms with Crippen molar-refractivity contribution < 1.29 is 19.1 Å². The van der Waals surface area contributed by atoms with E-state index in [4.69, 9.17) is 15.2 Å². The van der Waals surface area contributed by atoms with Gasteiger partial charge in [-0.1, -0.05) is 0 Å². The molecule has 0 spiro atoms. The molecular weight excluding hydrogens is 254 g/mol. The van der Waals surface area contributed by atoms with Crippen LogP contribution in [0.15, 0.2) is 6.07 Å². The van der Waals surface area contributed by atoms with E-state index in [1.54, 1.807) is 0 Å². The molecule has 9 nitrogen and oxygen atoms in total. The van der Waals surface area contributed by atoms with Gasteiger partial charge in [0.2, 0.25) is 17.7 Å². The number of hydrogen-bond acceptors (Lipinski definition) is 7. The minimum absolute atomic E-state index is 0.0934. The number of rotatable bonds is 5. The molecule has 0 aliphatic heterocycles. The first-order valence-corrected chi connectivity index (χ1v) is 5.37. The summed E-state index contributed by atoms with van der Waals surface area (Å²) in [7, 11) is 2.81. The normalized spacial score (nSPS) is 9.63. The molecule has 2 amide bonds. The molecule has 0 fully saturated rings. The molecule has 1 heterocycles. The van der Waals surface area contributed by atoms with E-state index < -0.39 is 11.8 Å². The Kier molecular flexibility index (Phi) is 5.48. The molecule has 1 rings (SSSR count). The van der Waals surface area contributed by atoms with Gasteiger partial charge in [-0.15, -0.1) is 0 Å². The van der Waals surface area contributed by atoms with Crippen LogP contribution in [0.3, 0.4) is 0 Å². The summed E-state index contributed by atoms with van der Waals surface area (Å²) in [5.41, 5.74) is 5.20. The first kappa shape index (κ1) is 14.6. The lowest BCUT2D eigenvalue weighted by molar-refractivity contribution is -0.136. The number of methoxy groups -OCH3 is 2. The molecule has 0 radical (unpaired) electrons. The Labute approximate surface area is 109 Å². The molecule has 0 saturated carbocycles. The van der Waals surface area contributed by atoms with Crippen LogP contribution in [0.25, 0.3) is 0 Å². The Morgan fingerprint density at radius 3 is 2.26 bits per heavy atom. The largest absolute Gasteiger partial charge is 0.481 e. The zero-order chi connectivity index (χ0) is 14.3. The summed E-state index contributed by atoms with van der Waals surface area (Å²) in [5, 5.41) is 4.54. The molecule has 0 aliphatic carbocycles. The van der Waals surface area contributed by atoms with E-state index >= 15 is 0 Å². The zero-order valence-electron chi connectivity index (χ0n) is 10.6. The number of aromatic nitrogens is 2. The van der Waals surface area contributed by atoms with E-state index in [2.05, 4.69) is 20.6 Å². The fourth-order valence-electron chi connectivity index (χ4n) is 1.09. The third-order valence-corrected chi connectivity index (χ3v) is 1.96. The summed E-state index contributed by atoms with van der Waals surface area (Å²) in [6.07, 6.45) is 0. The first-order chi connectivity index (χ1) is 9.10. The molecule has 0 aromatic carbocycles. The molecule has 0 unspecified atom stereocenters. The predicted octanol–water partition coefficient (Wildman–Crippen LogP) is -1.49. The van der Waals surface area contributed by atoms with E-state index in [1.165, 1.54) is 20.3 Å². The number of carbonyl (C=O) groups excluding carboxylic acids is 2. The fourth-order valence-corrected chi connectivity index (χ4v) is 1.09. The van der Waals surface area contributed by atoms with Crippen molar-refractivity contribution in [3.8, 4) is 11.8 Å². The summed E-state index contributed by atoms with van der Waals surface area (Å²) in [4.78, 5) is 30.5. The van der Waals surface area contributed by atoms with Crippen molar-refractivity contribution >= 4 is 17.8 Å². The highest BCUT2D eigenvalue weighted by Gasteiger charge is 2.15. The van der Waals surface area contributed by atoms with E-state index in [1.807, 2.05) is 0 Å². The average molecular weight is 269 g/mol. The van der Waals surface area contributed by atoms with Crippen molar-refractivity contribution in [2.45, 2.75) is 0 Å². The van der Waals surface area contributed by atoms with Crippen molar-refractivity contribution in [1.29, 1.82) is 0 Å². The molecular formula is C10H15N5O4. The van der Waals surface area contributed by atoms with E-state index in [-0.39, 0.29) is 30.8 Å². The van der Waals surface area contributed by atoms with Gasteiger partial charge in [-0.3, -0.25) is 14.9 Å². The van der Waals surface area contributed by atoms with Gasteiger partial charge < -0.3 is 20.5 Å². The maximum Gasteiger partial charge on any atom is 0.316 e. The van der Waals surface area contributed by atoms with Crippen LogP contribution in [0.5, 0.6) is 11.8 Å². The summed E-state index contributed by atoms with van der Waals surface area (Å²) in [5.74, 6) is -1.42. The Balaban J connectivity index is 2.75. The number of carbonyl (C=O) groups is 2. The van der Waals surface area contributed by atoms with Gasteiger partial charge in [0.1, 0.15) is 0 Å². The number of anilines is 1. The molecule has 1 aromatic rings. The second-order valence-electron chi connectivity index (χ2n) is 3.27. The van der Waals surface area contributed by atoms with E-state index in [0.29, 0.717) is 0 Å². The van der Waals surface area contributed by atoms with Gasteiger partial charge in [-0.25, -0.2) is 0 Å². The van der Waals surface area contributed by atoms with E-state index in [0.717, 1.165) is 0 Å². The number of ether oxygens (including phenoxy) is 2. The number of nitrogens with zero attached hydrogens (tertiary/aromatic N) is 2. The van der Waals surface area contributed by atoms with Gasteiger partial charge >= 0.3 is 11.8 Å². The van der Waals surface area contributed by atoms with Crippen molar-refractivity contribution in [1.82, 2.24) is 15.3 Å². The number of hydrogen-bond donors (Lipinski definition) is 3. The molecule has 0 aliphatic rings. The fraction of sp³-hybridized carbons (Fsp3) is 0.400. The molecule has 1 aromatic heterocycles. The second-order valence-corrected chi connectivity index (χ2v) is 3.27. The molecule has 9 heteroatoms. The topological polar surface area (TPSA) is 128 Å². The molecule has 0 bridgehead atoms. The predicted molar refractivity (Wildman–Crippen MR) is 65.8 cm³/mol. The summed E-state index contributed by atoms with van der Waals surface area (Å²) >= 11 is 0. The third-order valence-electron chi connectivity index (χ3n) is 1.96. The number of nitrogens with two attached hydrogens (primary N) is 1. The lowest BCUT2D eigenvalue weighted by Crippen LogP contribution is -2.38. The third kappa shape index (κ3) is 4.39. The van der Waals surface area contributed by atoms with Crippen LogP contribution < -0.4 is 25.8 Å². The Morgan fingerprint density at radius 2 is 1.79 bits per heavy atom. The van der Waals surface area contributed by atoms with Crippen molar-refractivity contribution in [2.75, 3.05) is 32.6 Å². The number of nitrogens with one attached hydrogen (secondary N) is 2. The maximum atomic E-state index is 11.5. The van der Waals surface area contributed by atoms with Gasteiger partial charge in [0.25, 0.3) is 0 Å². The molecule has 0 saturated heterocycles.